The van der Waals surface area contributed by atoms with Crippen LogP contribution >= 0.6 is 0 Å². The van der Waals surface area contributed by atoms with E-state index >= 15 is 0 Å². The third kappa shape index (κ3) is 3.67. The van der Waals surface area contributed by atoms with Crippen molar-refractivity contribution < 1.29 is 9.59 Å². The Morgan fingerprint density at radius 1 is 1.40 bits per heavy atom. The first-order chi connectivity index (χ1) is 4.54. The van der Waals surface area contributed by atoms with E-state index in [0.717, 1.165) is 0 Å². The minimum atomic E-state index is -0.825. The molecule has 6 heteroatoms. The van der Waals surface area contributed by atoms with Crippen molar-refractivity contribution in [3.63, 3.8) is 0 Å². The standard InChI is InChI=1S/C4H10N4O2/c1-2(5)3(9)7-8-4(6)10/h2H,5H2,1H3,(H,7,9)(H3,6,8,10)/t2-/m0/s1. The fraction of sp³-hybridized carbons (Fsp3) is 0.500. The molecule has 0 radical (unpaired) electrons. The Bertz CT molecular complexity index is 144. The van der Waals surface area contributed by atoms with E-state index in [4.69, 9.17) is 5.73 Å². The van der Waals surface area contributed by atoms with Crippen LogP contribution in [0.1, 0.15) is 6.92 Å². The summed E-state index contributed by atoms with van der Waals surface area (Å²) in [5.74, 6) is -0.487. The van der Waals surface area contributed by atoms with Crippen LogP contribution in [0, 0.1) is 0 Å². The number of hydrogen-bond donors (Lipinski definition) is 4. The van der Waals surface area contributed by atoms with Gasteiger partial charge in [-0.25, -0.2) is 10.2 Å². The molecule has 0 aliphatic rings. The lowest BCUT2D eigenvalue weighted by Crippen LogP contribution is -2.49. The van der Waals surface area contributed by atoms with Gasteiger partial charge in [0, 0.05) is 0 Å². The molecule has 3 amide bonds. The van der Waals surface area contributed by atoms with Gasteiger partial charge in [-0.2, -0.15) is 0 Å². The van der Waals surface area contributed by atoms with Crippen molar-refractivity contribution in [1.82, 2.24) is 10.9 Å². The molecule has 0 bridgehead atoms. The van der Waals surface area contributed by atoms with Crippen molar-refractivity contribution >= 4 is 11.9 Å². The summed E-state index contributed by atoms with van der Waals surface area (Å²) in [5, 5.41) is 0. The topological polar surface area (TPSA) is 110 Å². The van der Waals surface area contributed by atoms with Crippen LogP contribution in [0.4, 0.5) is 4.79 Å². The van der Waals surface area contributed by atoms with Crippen molar-refractivity contribution in [2.75, 3.05) is 0 Å². The summed E-state index contributed by atoms with van der Waals surface area (Å²) >= 11 is 0. The second-order valence-corrected chi connectivity index (χ2v) is 1.77. The van der Waals surface area contributed by atoms with Gasteiger partial charge >= 0.3 is 6.03 Å². The SMILES string of the molecule is C[C@H](N)C(=O)NNC(N)=O. The molecule has 0 rings (SSSR count). The van der Waals surface area contributed by atoms with E-state index in [2.05, 4.69) is 5.73 Å². The highest BCUT2D eigenvalue weighted by Gasteiger charge is 2.05. The van der Waals surface area contributed by atoms with E-state index in [1.807, 2.05) is 10.9 Å². The van der Waals surface area contributed by atoms with Crippen LogP contribution in [0.5, 0.6) is 0 Å². The number of carbonyl (C=O) groups excluding carboxylic acids is 2. The highest BCUT2D eigenvalue weighted by Crippen LogP contribution is 1.70. The fourth-order valence-electron chi connectivity index (χ4n) is 0.237. The maximum atomic E-state index is 10.5. The average Bonchev–Trinajstić information content (AvgIpc) is 1.82. The van der Waals surface area contributed by atoms with E-state index in [1.54, 1.807) is 0 Å². The highest BCUT2D eigenvalue weighted by molar-refractivity contribution is 5.83. The van der Waals surface area contributed by atoms with Gasteiger partial charge < -0.3 is 11.5 Å². The van der Waals surface area contributed by atoms with E-state index in [9.17, 15) is 9.59 Å². The zero-order valence-corrected chi connectivity index (χ0v) is 5.55. The third-order valence-corrected chi connectivity index (χ3v) is 0.722. The predicted molar refractivity (Wildman–Crippen MR) is 34.5 cm³/mol. The highest BCUT2D eigenvalue weighted by atomic mass is 16.2. The molecular weight excluding hydrogens is 136 g/mol. The zero-order valence-electron chi connectivity index (χ0n) is 5.55. The smallest absolute Gasteiger partial charge is 0.330 e. The summed E-state index contributed by atoms with van der Waals surface area (Å²) in [6.07, 6.45) is 0. The number of hydrogen-bond acceptors (Lipinski definition) is 3. The summed E-state index contributed by atoms with van der Waals surface area (Å²) in [4.78, 5) is 20.5. The van der Waals surface area contributed by atoms with Gasteiger partial charge in [-0.3, -0.25) is 10.2 Å². The third-order valence-electron chi connectivity index (χ3n) is 0.722. The van der Waals surface area contributed by atoms with Crippen LogP contribution in [0.15, 0.2) is 0 Å². The van der Waals surface area contributed by atoms with E-state index in [0.29, 0.717) is 0 Å². The van der Waals surface area contributed by atoms with E-state index in [-0.39, 0.29) is 0 Å². The Morgan fingerprint density at radius 2 is 1.90 bits per heavy atom. The van der Waals surface area contributed by atoms with Crippen LogP contribution in [0.3, 0.4) is 0 Å². The molecule has 58 valence electrons. The monoisotopic (exact) mass is 146 g/mol. The van der Waals surface area contributed by atoms with Crippen molar-refractivity contribution in [3.05, 3.63) is 0 Å². The summed E-state index contributed by atoms with van der Waals surface area (Å²) in [6, 6.07) is -1.49. The van der Waals surface area contributed by atoms with Crippen molar-refractivity contribution in [2.24, 2.45) is 11.5 Å². The molecule has 6 N–H and O–H groups in total. The number of amides is 3. The van der Waals surface area contributed by atoms with Gasteiger partial charge in [0.05, 0.1) is 6.04 Å². The molecule has 0 aromatic carbocycles. The van der Waals surface area contributed by atoms with Gasteiger partial charge in [0.1, 0.15) is 0 Å². The first kappa shape index (κ1) is 8.70. The van der Waals surface area contributed by atoms with Crippen LogP contribution in [-0.2, 0) is 4.79 Å². The summed E-state index contributed by atoms with van der Waals surface area (Å²) in [6.45, 7) is 1.48. The quantitative estimate of drug-likeness (QED) is 0.322. The zero-order chi connectivity index (χ0) is 8.15. The van der Waals surface area contributed by atoms with Crippen molar-refractivity contribution in [2.45, 2.75) is 13.0 Å². The summed E-state index contributed by atoms with van der Waals surface area (Å²) < 4.78 is 0. The van der Waals surface area contributed by atoms with Crippen LogP contribution < -0.4 is 22.3 Å². The van der Waals surface area contributed by atoms with E-state index < -0.39 is 18.0 Å². The molecule has 0 fully saturated rings. The van der Waals surface area contributed by atoms with Crippen LogP contribution in [-0.4, -0.2) is 18.0 Å². The molecule has 6 nitrogen and oxygen atoms in total. The van der Waals surface area contributed by atoms with Gasteiger partial charge in [-0.05, 0) is 6.92 Å². The Labute approximate surface area is 57.9 Å². The summed E-state index contributed by atoms with van der Waals surface area (Å²) in [7, 11) is 0. The molecule has 0 saturated heterocycles. The second kappa shape index (κ2) is 3.67. The minimum absolute atomic E-state index is 0.487. The second-order valence-electron chi connectivity index (χ2n) is 1.77. The Kier molecular flexibility index (Phi) is 3.20. The molecule has 0 aliphatic heterocycles. The van der Waals surface area contributed by atoms with Gasteiger partial charge in [0.25, 0.3) is 5.91 Å². The molecule has 10 heavy (non-hydrogen) atoms. The fourth-order valence-corrected chi connectivity index (χ4v) is 0.237. The minimum Gasteiger partial charge on any atom is -0.350 e. The lowest BCUT2D eigenvalue weighted by atomic mass is 10.4. The van der Waals surface area contributed by atoms with Crippen molar-refractivity contribution in [3.8, 4) is 0 Å². The van der Waals surface area contributed by atoms with E-state index in [1.165, 1.54) is 6.92 Å². The lowest BCUT2D eigenvalue weighted by molar-refractivity contribution is -0.122. The number of urea groups is 1. The first-order valence-corrected chi connectivity index (χ1v) is 2.65. The Hall–Kier alpha value is -1.30. The molecule has 0 spiro atoms. The molecule has 0 heterocycles. The predicted octanol–water partition coefficient (Wildman–Crippen LogP) is -1.97. The molecule has 0 aromatic heterocycles. The first-order valence-electron chi connectivity index (χ1n) is 2.65. The molecule has 0 unspecified atom stereocenters. The Balaban J connectivity index is 3.50. The molecule has 0 saturated carbocycles. The Morgan fingerprint density at radius 3 is 2.20 bits per heavy atom. The number of hydrazine groups is 1. The average molecular weight is 146 g/mol. The largest absolute Gasteiger partial charge is 0.350 e. The van der Waals surface area contributed by atoms with Gasteiger partial charge in [0.2, 0.25) is 0 Å². The maximum Gasteiger partial charge on any atom is 0.330 e. The number of rotatable bonds is 1. The molecule has 0 aromatic rings. The maximum absolute atomic E-state index is 10.5. The van der Waals surface area contributed by atoms with Crippen LogP contribution in [0.2, 0.25) is 0 Å². The number of carbonyl (C=O) groups is 2. The normalized spacial score (nSPS) is 11.8. The molecule has 1 atom stereocenters. The number of nitrogens with one attached hydrogen (secondary N) is 2. The number of nitrogens with two attached hydrogens (primary N) is 2. The van der Waals surface area contributed by atoms with Crippen molar-refractivity contribution in [1.29, 1.82) is 0 Å². The lowest BCUT2D eigenvalue weighted by Gasteiger charge is -2.05. The molecular formula is C4H10N4O2. The number of primary amides is 1. The van der Waals surface area contributed by atoms with Gasteiger partial charge in [-0.15, -0.1) is 0 Å². The molecule has 0 aliphatic carbocycles. The summed E-state index contributed by atoms with van der Waals surface area (Å²) in [5.41, 5.74) is 13.6. The van der Waals surface area contributed by atoms with Gasteiger partial charge in [-0.1, -0.05) is 0 Å². The van der Waals surface area contributed by atoms with Crippen LogP contribution in [0.25, 0.3) is 0 Å². The van der Waals surface area contributed by atoms with Gasteiger partial charge in [0.15, 0.2) is 0 Å².